The molecule has 0 bridgehead atoms. The molecule has 0 amide bonds. The van der Waals surface area contributed by atoms with Crippen molar-refractivity contribution in [3.63, 3.8) is 0 Å². The van der Waals surface area contributed by atoms with E-state index in [9.17, 15) is 9.11 Å². The predicted octanol–water partition coefficient (Wildman–Crippen LogP) is 4.87. The van der Waals surface area contributed by atoms with Gasteiger partial charge in [-0.1, -0.05) is 29.8 Å². The summed E-state index contributed by atoms with van der Waals surface area (Å²) in [6, 6.07) is 15.0. The van der Waals surface area contributed by atoms with E-state index in [2.05, 4.69) is 5.32 Å². The van der Waals surface area contributed by atoms with Crippen LogP contribution in [0.4, 0.5) is 11.4 Å². The third-order valence-corrected chi connectivity index (χ3v) is 6.41. The van der Waals surface area contributed by atoms with E-state index in [1.165, 1.54) is 0 Å². The third kappa shape index (κ3) is 3.95. The molecule has 0 saturated carbocycles. The topological polar surface area (TPSA) is 59.0 Å². The first kappa shape index (κ1) is 18.5. The minimum atomic E-state index is -3.13. The molecule has 1 aliphatic heterocycles. The van der Waals surface area contributed by atoms with Crippen molar-refractivity contribution in [3.8, 4) is 0 Å². The van der Waals surface area contributed by atoms with Crippen molar-refractivity contribution in [2.45, 2.75) is 19.4 Å². The smallest absolute Gasteiger partial charge is 0.0687 e. The predicted molar refractivity (Wildman–Crippen MR) is 106 cm³/mol. The quantitative estimate of drug-likeness (QED) is 0.623. The van der Waals surface area contributed by atoms with E-state index in [0.717, 1.165) is 36.3 Å². The maximum atomic E-state index is 11.1. The van der Waals surface area contributed by atoms with Crippen LogP contribution in [0.3, 0.4) is 0 Å². The minimum absolute atomic E-state index is 0.473. The second-order valence-corrected chi connectivity index (χ2v) is 8.36. The van der Waals surface area contributed by atoms with Crippen LogP contribution in [-0.4, -0.2) is 33.5 Å². The van der Waals surface area contributed by atoms with Crippen LogP contribution >= 0.6 is 22.6 Å². The summed E-state index contributed by atoms with van der Waals surface area (Å²) in [4.78, 5) is 0. The van der Waals surface area contributed by atoms with E-state index in [4.69, 9.17) is 11.6 Å². The largest absolute Gasteiger partial charge is 0.320 e. The van der Waals surface area contributed by atoms with E-state index in [-0.39, 0.29) is 0 Å². The molecule has 136 valence electrons. The fourth-order valence-corrected chi connectivity index (χ4v) is 5.00. The molecular weight excluding hydrogens is 358 g/mol. The lowest BCUT2D eigenvalue weighted by Gasteiger charge is -2.54. The van der Waals surface area contributed by atoms with Gasteiger partial charge in [-0.3, -0.25) is 9.11 Å². The SMILES string of the molecule is CNCCCCN1Cc2cc(Cl)ccc2N(c2ccccc2)S1(O)O. The number of nitrogens with zero attached hydrogens (tertiary/aromatic N) is 2. The Morgan fingerprint density at radius 1 is 1.12 bits per heavy atom. The monoisotopic (exact) mass is 381 g/mol. The van der Waals surface area contributed by atoms with E-state index >= 15 is 0 Å². The number of hydrogen-bond donors (Lipinski definition) is 3. The molecule has 0 aromatic heterocycles. The highest BCUT2D eigenvalue weighted by Crippen LogP contribution is 2.58. The summed E-state index contributed by atoms with van der Waals surface area (Å²) in [7, 11) is -1.21. The molecule has 0 unspecified atom stereocenters. The molecule has 7 heteroatoms. The lowest BCUT2D eigenvalue weighted by molar-refractivity contribution is 0.330. The normalized spacial score (nSPS) is 18.0. The van der Waals surface area contributed by atoms with E-state index in [1.807, 2.05) is 49.5 Å². The number of nitrogens with one attached hydrogen (secondary N) is 1. The van der Waals surface area contributed by atoms with Crippen LogP contribution in [0.25, 0.3) is 0 Å². The van der Waals surface area contributed by atoms with Gasteiger partial charge in [0.1, 0.15) is 0 Å². The van der Waals surface area contributed by atoms with Crippen molar-refractivity contribution >= 4 is 33.9 Å². The standard InChI is InChI=1S/C18H24ClN3O2S/c1-20-11-5-6-12-21-14-15-13-16(19)9-10-18(15)22(25(21,23)24)17-7-3-2-4-8-17/h2-4,7-10,13,20,23-24H,5-6,11-12,14H2,1H3. The molecular formula is C18H24ClN3O2S. The molecule has 2 aromatic rings. The van der Waals surface area contributed by atoms with Crippen LogP contribution in [0, 0.1) is 0 Å². The molecule has 0 atom stereocenters. The lowest BCUT2D eigenvalue weighted by atomic mass is 10.1. The van der Waals surface area contributed by atoms with Gasteiger partial charge in [0.2, 0.25) is 0 Å². The number of anilines is 2. The molecule has 5 nitrogen and oxygen atoms in total. The zero-order valence-electron chi connectivity index (χ0n) is 14.2. The summed E-state index contributed by atoms with van der Waals surface area (Å²) < 4.78 is 25.5. The molecule has 0 spiro atoms. The Morgan fingerprint density at radius 2 is 1.88 bits per heavy atom. The molecule has 3 rings (SSSR count). The molecule has 3 N–H and O–H groups in total. The van der Waals surface area contributed by atoms with Crippen molar-refractivity contribution in [2.75, 3.05) is 24.4 Å². The van der Waals surface area contributed by atoms with Gasteiger partial charge in [-0.05, 0) is 73.3 Å². The van der Waals surface area contributed by atoms with E-state index in [0.29, 0.717) is 18.1 Å². The highest BCUT2D eigenvalue weighted by atomic mass is 35.5. The molecule has 0 fully saturated rings. The fourth-order valence-electron chi connectivity index (χ4n) is 3.04. The summed E-state index contributed by atoms with van der Waals surface area (Å²) >= 11 is 6.17. The summed E-state index contributed by atoms with van der Waals surface area (Å²) in [6.45, 7) is 2.00. The first-order valence-corrected chi connectivity index (χ1v) is 10.2. The second-order valence-electron chi connectivity index (χ2n) is 6.07. The molecule has 0 radical (unpaired) electrons. The Balaban J connectivity index is 1.96. The number of fused-ring (bicyclic) bond motifs is 1. The highest BCUT2D eigenvalue weighted by Gasteiger charge is 2.37. The zero-order valence-corrected chi connectivity index (χ0v) is 15.8. The van der Waals surface area contributed by atoms with Crippen molar-refractivity contribution < 1.29 is 9.11 Å². The lowest BCUT2D eigenvalue weighted by Crippen LogP contribution is -2.42. The van der Waals surface area contributed by atoms with Crippen molar-refractivity contribution in [2.24, 2.45) is 0 Å². The third-order valence-electron chi connectivity index (χ3n) is 4.27. The van der Waals surface area contributed by atoms with Crippen LogP contribution < -0.4 is 9.62 Å². The van der Waals surface area contributed by atoms with Gasteiger partial charge < -0.3 is 5.32 Å². The first-order valence-electron chi connectivity index (χ1n) is 8.35. The van der Waals surface area contributed by atoms with Crippen LogP contribution in [0.2, 0.25) is 5.02 Å². The van der Waals surface area contributed by atoms with Crippen molar-refractivity contribution in [3.05, 3.63) is 59.1 Å². The summed E-state index contributed by atoms with van der Waals surface area (Å²) in [5.74, 6) is 0. The number of hydrogen-bond acceptors (Lipinski definition) is 5. The Kier molecular flexibility index (Phi) is 5.89. The summed E-state index contributed by atoms with van der Waals surface area (Å²) in [6.07, 6.45) is 1.87. The first-order chi connectivity index (χ1) is 12.0. The number of halogens is 1. The van der Waals surface area contributed by atoms with Gasteiger partial charge in [0, 0.05) is 18.1 Å². The maximum absolute atomic E-state index is 11.1. The van der Waals surface area contributed by atoms with Crippen LogP contribution in [0.5, 0.6) is 0 Å². The van der Waals surface area contributed by atoms with Gasteiger partial charge in [-0.25, -0.2) is 4.31 Å². The van der Waals surface area contributed by atoms with Crippen molar-refractivity contribution in [1.29, 1.82) is 0 Å². The van der Waals surface area contributed by atoms with E-state index < -0.39 is 11.0 Å². The van der Waals surface area contributed by atoms with Gasteiger partial charge in [-0.15, -0.1) is 0 Å². The molecule has 25 heavy (non-hydrogen) atoms. The maximum Gasteiger partial charge on any atom is 0.0687 e. The summed E-state index contributed by atoms with van der Waals surface area (Å²) in [5.41, 5.74) is 2.55. The van der Waals surface area contributed by atoms with Crippen LogP contribution in [0.15, 0.2) is 48.5 Å². The average Bonchev–Trinajstić information content (AvgIpc) is 2.59. The van der Waals surface area contributed by atoms with E-state index in [1.54, 1.807) is 14.7 Å². The molecule has 0 aliphatic carbocycles. The number of benzene rings is 2. The number of unbranched alkanes of at least 4 members (excludes halogenated alkanes) is 1. The van der Waals surface area contributed by atoms with Gasteiger partial charge in [0.15, 0.2) is 0 Å². The highest BCUT2D eigenvalue weighted by molar-refractivity contribution is 8.23. The molecule has 2 aromatic carbocycles. The molecule has 1 aliphatic rings. The van der Waals surface area contributed by atoms with Gasteiger partial charge >= 0.3 is 0 Å². The van der Waals surface area contributed by atoms with Gasteiger partial charge in [-0.2, -0.15) is 4.31 Å². The Hall–Kier alpha value is -1.28. The second kappa shape index (κ2) is 7.95. The van der Waals surface area contributed by atoms with Gasteiger partial charge in [0.25, 0.3) is 0 Å². The zero-order chi connectivity index (χ0) is 17.9. The fraction of sp³-hybridized carbons (Fsp3) is 0.333. The number of para-hydroxylation sites is 1. The number of rotatable bonds is 6. The Labute approximate surface area is 155 Å². The van der Waals surface area contributed by atoms with Gasteiger partial charge in [0.05, 0.1) is 11.4 Å². The Morgan fingerprint density at radius 3 is 2.60 bits per heavy atom. The average molecular weight is 382 g/mol. The van der Waals surface area contributed by atoms with Crippen LogP contribution in [-0.2, 0) is 6.54 Å². The Bertz CT molecular complexity index is 715. The van der Waals surface area contributed by atoms with Crippen LogP contribution in [0.1, 0.15) is 18.4 Å². The molecule has 1 heterocycles. The van der Waals surface area contributed by atoms with Crippen molar-refractivity contribution in [1.82, 2.24) is 9.62 Å². The minimum Gasteiger partial charge on any atom is -0.320 e. The summed E-state index contributed by atoms with van der Waals surface area (Å²) in [5, 5.41) is 3.77. The molecule has 0 saturated heterocycles.